The van der Waals surface area contributed by atoms with Crippen molar-refractivity contribution in [2.24, 2.45) is 5.10 Å². The highest BCUT2D eigenvalue weighted by atomic mass is 32.1. The molecule has 1 amide bonds. The lowest BCUT2D eigenvalue weighted by molar-refractivity contribution is -0.134. The molecule has 0 N–H and O–H groups in total. The minimum absolute atomic E-state index is 0.199. The molecule has 5 rings (SSSR count). The number of benzene rings is 2. The number of nitrogens with zero attached hydrogens (tertiary/aromatic N) is 4. The number of hydrazone groups is 1. The van der Waals surface area contributed by atoms with Crippen LogP contribution < -0.4 is 10.5 Å². The summed E-state index contributed by atoms with van der Waals surface area (Å²) < 4.78 is 11.5. The van der Waals surface area contributed by atoms with Crippen LogP contribution in [0.5, 0.6) is 5.75 Å². The van der Waals surface area contributed by atoms with Crippen molar-refractivity contribution in [3.8, 4) is 16.5 Å². The molecule has 0 fully saturated rings. The van der Waals surface area contributed by atoms with Crippen molar-refractivity contribution in [1.29, 1.82) is 0 Å². The van der Waals surface area contributed by atoms with E-state index in [1.165, 1.54) is 16.3 Å². The van der Waals surface area contributed by atoms with Crippen LogP contribution in [0.25, 0.3) is 10.8 Å². The van der Waals surface area contributed by atoms with Gasteiger partial charge in [-0.15, -0.1) is 16.4 Å². The molecule has 0 spiro atoms. The summed E-state index contributed by atoms with van der Waals surface area (Å²) in [5.41, 5.74) is 2.67. The van der Waals surface area contributed by atoms with Gasteiger partial charge in [-0.25, -0.2) is 9.80 Å². The maximum absolute atomic E-state index is 13.3. The lowest BCUT2D eigenvalue weighted by atomic mass is 9.98. The summed E-state index contributed by atoms with van der Waals surface area (Å²) >= 11 is 1.40. The van der Waals surface area contributed by atoms with Crippen molar-refractivity contribution in [3.05, 3.63) is 93.8 Å². The van der Waals surface area contributed by atoms with Gasteiger partial charge < -0.3 is 9.15 Å². The van der Waals surface area contributed by atoms with Crippen LogP contribution in [0.1, 0.15) is 23.6 Å². The first-order valence-corrected chi connectivity index (χ1v) is 11.2. The van der Waals surface area contributed by atoms with Crippen LogP contribution in [0.2, 0.25) is 0 Å². The smallest absolute Gasteiger partial charge is 0.437 e. The quantitative estimate of drug-likeness (QED) is 0.435. The van der Waals surface area contributed by atoms with Crippen molar-refractivity contribution < 1.29 is 13.9 Å². The minimum Gasteiger partial charge on any atom is -0.497 e. The third kappa shape index (κ3) is 4.22. The Morgan fingerprint density at radius 1 is 1.12 bits per heavy atom. The third-order valence-corrected chi connectivity index (χ3v) is 6.25. The summed E-state index contributed by atoms with van der Waals surface area (Å²) in [6, 6.07) is 20.6. The van der Waals surface area contributed by atoms with Crippen molar-refractivity contribution >= 4 is 23.0 Å². The number of aromatic nitrogens is 2. The zero-order valence-corrected chi connectivity index (χ0v) is 18.6. The first-order valence-electron chi connectivity index (χ1n) is 10.3. The van der Waals surface area contributed by atoms with Crippen LogP contribution >= 0.6 is 11.3 Å². The molecule has 33 heavy (non-hydrogen) atoms. The Kier molecular flexibility index (Phi) is 5.62. The van der Waals surface area contributed by atoms with Gasteiger partial charge in [0.2, 0.25) is 0 Å². The van der Waals surface area contributed by atoms with E-state index in [0.29, 0.717) is 6.42 Å². The van der Waals surface area contributed by atoms with E-state index in [2.05, 4.69) is 10.2 Å². The topological polar surface area (TPSA) is 89.9 Å². The molecule has 3 heterocycles. The molecule has 1 aliphatic rings. The van der Waals surface area contributed by atoms with Crippen molar-refractivity contribution in [1.82, 2.24) is 14.8 Å². The number of carbonyl (C=O) groups excluding carboxylic acids is 1. The second-order valence-electron chi connectivity index (χ2n) is 7.45. The number of rotatable bonds is 6. The number of amides is 1. The van der Waals surface area contributed by atoms with Crippen LogP contribution in [-0.2, 0) is 11.3 Å². The minimum atomic E-state index is -0.681. The average molecular weight is 461 g/mol. The summed E-state index contributed by atoms with van der Waals surface area (Å²) in [6.07, 6.45) is 0.552. The monoisotopic (exact) mass is 460 g/mol. The average Bonchev–Trinajstić information content (AvgIpc) is 3.60. The van der Waals surface area contributed by atoms with E-state index in [-0.39, 0.29) is 24.4 Å². The van der Waals surface area contributed by atoms with Gasteiger partial charge in [-0.1, -0.05) is 48.5 Å². The predicted octanol–water partition coefficient (Wildman–Crippen LogP) is 3.95. The summed E-state index contributed by atoms with van der Waals surface area (Å²) in [5.74, 6) is -0.104. The van der Waals surface area contributed by atoms with Gasteiger partial charge in [0.25, 0.3) is 11.8 Å². The van der Waals surface area contributed by atoms with Crippen LogP contribution in [0, 0.1) is 0 Å². The van der Waals surface area contributed by atoms with Crippen molar-refractivity contribution in [2.45, 2.75) is 19.0 Å². The fourth-order valence-corrected chi connectivity index (χ4v) is 4.38. The molecular weight excluding hydrogens is 440 g/mol. The molecule has 0 saturated heterocycles. The highest BCUT2D eigenvalue weighted by Gasteiger charge is 2.33. The summed E-state index contributed by atoms with van der Waals surface area (Å²) in [7, 11) is 1.61. The number of methoxy groups -OCH3 is 1. The van der Waals surface area contributed by atoms with E-state index in [0.717, 1.165) is 32.1 Å². The van der Waals surface area contributed by atoms with Gasteiger partial charge in [0, 0.05) is 6.42 Å². The Balaban J connectivity index is 1.45. The van der Waals surface area contributed by atoms with Gasteiger partial charge in [-0.3, -0.25) is 4.79 Å². The van der Waals surface area contributed by atoms with E-state index < -0.39 is 5.76 Å². The molecule has 9 heteroatoms. The normalized spacial score (nSPS) is 15.5. The first kappa shape index (κ1) is 20.9. The molecule has 0 aliphatic carbocycles. The van der Waals surface area contributed by atoms with Gasteiger partial charge in [-0.05, 0) is 34.7 Å². The Hall–Kier alpha value is -3.98. The Labute approximate surface area is 193 Å². The van der Waals surface area contributed by atoms with Crippen molar-refractivity contribution in [2.75, 3.05) is 7.11 Å². The van der Waals surface area contributed by atoms with Crippen LogP contribution in [0.3, 0.4) is 0 Å². The highest BCUT2D eigenvalue weighted by Crippen LogP contribution is 2.33. The lowest BCUT2D eigenvalue weighted by Gasteiger charge is -2.22. The van der Waals surface area contributed by atoms with Crippen LogP contribution in [-0.4, -0.2) is 33.5 Å². The third-order valence-electron chi connectivity index (χ3n) is 5.40. The Morgan fingerprint density at radius 2 is 1.91 bits per heavy atom. The number of hydrogen-bond acceptors (Lipinski definition) is 7. The summed E-state index contributed by atoms with van der Waals surface area (Å²) in [4.78, 5) is 26.3. The lowest BCUT2D eigenvalue weighted by Crippen LogP contribution is -2.33. The van der Waals surface area contributed by atoms with Gasteiger partial charge in [-0.2, -0.15) is 9.78 Å². The molecule has 1 atom stereocenters. The summed E-state index contributed by atoms with van der Waals surface area (Å²) in [5, 5.41) is 12.1. The highest BCUT2D eigenvalue weighted by molar-refractivity contribution is 7.13. The van der Waals surface area contributed by atoms with E-state index in [9.17, 15) is 9.59 Å². The molecule has 0 saturated carbocycles. The molecule has 166 valence electrons. The van der Waals surface area contributed by atoms with Crippen LogP contribution in [0.4, 0.5) is 0 Å². The number of thiophene rings is 1. The standard InChI is InChI=1S/C24H20N4O4S/c1-31-18-11-9-17(10-12-18)20-14-19(16-6-3-2-4-7-16)25-28(20)22(29)15-27-24(30)32-23(26-27)21-8-5-13-33-21/h2-13,20H,14-15H2,1H3/t20-/m0/s1. The van der Waals surface area contributed by atoms with E-state index in [1.807, 2.05) is 66.0 Å². The zero-order chi connectivity index (χ0) is 22.8. The van der Waals surface area contributed by atoms with Gasteiger partial charge in [0.1, 0.15) is 12.3 Å². The molecule has 4 aromatic rings. The van der Waals surface area contributed by atoms with Crippen LogP contribution in [0.15, 0.2) is 86.4 Å². The molecule has 8 nitrogen and oxygen atoms in total. The molecular formula is C24H20N4O4S. The fraction of sp³-hybridized carbons (Fsp3) is 0.167. The zero-order valence-electron chi connectivity index (χ0n) is 17.7. The Bertz CT molecular complexity index is 1340. The van der Waals surface area contributed by atoms with Gasteiger partial charge in [0.15, 0.2) is 0 Å². The first-order chi connectivity index (χ1) is 16.1. The number of ether oxygens (including phenoxy) is 1. The molecule has 1 aliphatic heterocycles. The fourth-order valence-electron chi connectivity index (χ4n) is 3.74. The number of carbonyl (C=O) groups is 1. The van der Waals surface area contributed by atoms with Crippen molar-refractivity contribution in [3.63, 3.8) is 0 Å². The van der Waals surface area contributed by atoms with E-state index in [1.54, 1.807) is 13.2 Å². The number of hydrogen-bond donors (Lipinski definition) is 0. The van der Waals surface area contributed by atoms with E-state index >= 15 is 0 Å². The molecule has 2 aromatic carbocycles. The predicted molar refractivity (Wildman–Crippen MR) is 124 cm³/mol. The Morgan fingerprint density at radius 3 is 2.61 bits per heavy atom. The SMILES string of the molecule is COc1ccc([C@@H]2CC(c3ccccc3)=NN2C(=O)Cn2nc(-c3cccs3)oc2=O)cc1. The maximum atomic E-state index is 13.3. The largest absolute Gasteiger partial charge is 0.497 e. The van der Waals surface area contributed by atoms with E-state index in [4.69, 9.17) is 9.15 Å². The van der Waals surface area contributed by atoms with Gasteiger partial charge >= 0.3 is 5.76 Å². The molecule has 0 bridgehead atoms. The second-order valence-corrected chi connectivity index (χ2v) is 8.40. The maximum Gasteiger partial charge on any atom is 0.437 e. The molecule has 0 radical (unpaired) electrons. The second kappa shape index (κ2) is 8.87. The molecule has 0 unspecified atom stereocenters. The molecule has 2 aromatic heterocycles. The summed E-state index contributed by atoms with van der Waals surface area (Å²) in [6.45, 7) is -0.272. The van der Waals surface area contributed by atoms with Gasteiger partial charge in [0.05, 0.1) is 23.7 Å².